The van der Waals surface area contributed by atoms with E-state index in [0.717, 1.165) is 16.7 Å². The van der Waals surface area contributed by atoms with E-state index in [9.17, 15) is 0 Å². The zero-order valence-corrected chi connectivity index (χ0v) is 9.01. The van der Waals surface area contributed by atoms with Crippen molar-refractivity contribution in [3.8, 4) is 0 Å². The van der Waals surface area contributed by atoms with Crippen molar-refractivity contribution in [3.63, 3.8) is 0 Å². The third-order valence-corrected chi connectivity index (χ3v) is 2.09. The summed E-state index contributed by atoms with van der Waals surface area (Å²) in [4.78, 5) is 7.76. The van der Waals surface area contributed by atoms with E-state index in [1.54, 1.807) is 6.20 Å². The Morgan fingerprint density at radius 2 is 2.43 bits per heavy atom. The summed E-state index contributed by atoms with van der Waals surface area (Å²) in [7, 11) is 0. The topological polar surface area (TPSA) is 50.2 Å². The van der Waals surface area contributed by atoms with Gasteiger partial charge in [0, 0.05) is 23.4 Å². The molecular weight excluding hydrogens is 196 g/mol. The van der Waals surface area contributed by atoms with Crippen LogP contribution in [0, 0.1) is 6.92 Å². The first-order chi connectivity index (χ1) is 6.72. The predicted octanol–water partition coefficient (Wildman–Crippen LogP) is 2.38. The lowest BCUT2D eigenvalue weighted by molar-refractivity contribution is 1.16. The van der Waals surface area contributed by atoms with Crippen molar-refractivity contribution >= 4 is 23.4 Å². The molecule has 0 saturated carbocycles. The van der Waals surface area contributed by atoms with Gasteiger partial charge in [-0.3, -0.25) is 4.99 Å². The van der Waals surface area contributed by atoms with Gasteiger partial charge in [0.15, 0.2) is 0 Å². The summed E-state index contributed by atoms with van der Waals surface area (Å²) in [6, 6.07) is 0. The zero-order valence-electron chi connectivity index (χ0n) is 8.19. The van der Waals surface area contributed by atoms with Crippen molar-refractivity contribution in [1.29, 1.82) is 0 Å². The first kappa shape index (κ1) is 10.6. The molecule has 0 aliphatic heterocycles. The Morgan fingerprint density at radius 1 is 1.64 bits per heavy atom. The number of rotatable bonds is 4. The summed E-state index contributed by atoms with van der Waals surface area (Å²) in [5.41, 5.74) is 0.987. The lowest BCUT2D eigenvalue weighted by atomic mass is 10.4. The summed E-state index contributed by atoms with van der Waals surface area (Å²) < 4.78 is 4.06. The van der Waals surface area contributed by atoms with Gasteiger partial charge in [0.2, 0.25) is 5.13 Å². The Balaban J connectivity index is 2.56. The molecule has 0 bridgehead atoms. The molecule has 0 saturated heterocycles. The van der Waals surface area contributed by atoms with E-state index in [2.05, 4.69) is 26.4 Å². The minimum Gasteiger partial charge on any atom is -0.334 e. The maximum Gasteiger partial charge on any atom is 0.206 e. The van der Waals surface area contributed by atoms with Crippen LogP contribution in [0.15, 0.2) is 29.0 Å². The lowest BCUT2D eigenvalue weighted by Gasteiger charge is -1.98. The van der Waals surface area contributed by atoms with Gasteiger partial charge in [-0.1, -0.05) is 0 Å². The summed E-state index contributed by atoms with van der Waals surface area (Å²) in [6.07, 6.45) is 5.32. The highest BCUT2D eigenvalue weighted by atomic mass is 32.1. The van der Waals surface area contributed by atoms with E-state index in [0.29, 0.717) is 0 Å². The van der Waals surface area contributed by atoms with Crippen LogP contribution in [0.1, 0.15) is 12.7 Å². The van der Waals surface area contributed by atoms with Crippen molar-refractivity contribution in [2.75, 3.05) is 5.32 Å². The fourth-order valence-corrected chi connectivity index (χ4v) is 1.45. The Hall–Kier alpha value is -1.49. The van der Waals surface area contributed by atoms with E-state index in [1.807, 2.05) is 26.0 Å². The average Bonchev–Trinajstić information content (AvgIpc) is 2.52. The number of allylic oxidation sites excluding steroid dienone is 3. The van der Waals surface area contributed by atoms with Gasteiger partial charge in [-0.15, -0.1) is 0 Å². The van der Waals surface area contributed by atoms with E-state index in [4.69, 9.17) is 0 Å². The quantitative estimate of drug-likeness (QED) is 0.610. The summed E-state index contributed by atoms with van der Waals surface area (Å²) in [6.45, 7) is 7.15. The van der Waals surface area contributed by atoms with Gasteiger partial charge in [-0.25, -0.2) is 4.98 Å². The number of anilines is 1. The van der Waals surface area contributed by atoms with Crippen molar-refractivity contribution in [1.82, 2.24) is 9.36 Å². The van der Waals surface area contributed by atoms with Crippen LogP contribution in [0.4, 0.5) is 5.13 Å². The zero-order chi connectivity index (χ0) is 10.4. The van der Waals surface area contributed by atoms with Crippen molar-refractivity contribution in [2.45, 2.75) is 13.8 Å². The normalized spacial score (nSPS) is 12.0. The number of nitrogens with one attached hydrogen (secondary N) is 1. The highest BCUT2D eigenvalue weighted by molar-refractivity contribution is 7.09. The van der Waals surface area contributed by atoms with Gasteiger partial charge in [-0.2, -0.15) is 4.37 Å². The highest BCUT2D eigenvalue weighted by Crippen LogP contribution is 2.12. The van der Waals surface area contributed by atoms with E-state index in [1.165, 1.54) is 11.5 Å². The largest absolute Gasteiger partial charge is 0.334 e. The van der Waals surface area contributed by atoms with Crippen LogP contribution in [-0.4, -0.2) is 16.1 Å². The third-order valence-electron chi connectivity index (χ3n) is 1.37. The maximum atomic E-state index is 4.17. The molecule has 0 amide bonds. The molecule has 0 spiro atoms. The Kier molecular flexibility index (Phi) is 4.00. The van der Waals surface area contributed by atoms with Gasteiger partial charge in [0.05, 0.1) is 0 Å². The SMILES string of the molecule is C=N/C=C\C=C(/C)Nc1nc(C)ns1. The molecular formula is C9H12N4S. The minimum absolute atomic E-state index is 0.786. The summed E-state index contributed by atoms with van der Waals surface area (Å²) >= 11 is 1.34. The van der Waals surface area contributed by atoms with Crippen LogP contribution in [-0.2, 0) is 0 Å². The Bertz CT molecular complexity index is 365. The molecule has 1 rings (SSSR count). The predicted molar refractivity (Wildman–Crippen MR) is 60.7 cm³/mol. The molecule has 0 aliphatic carbocycles. The fraction of sp³-hybridized carbons (Fsp3) is 0.222. The summed E-state index contributed by atoms with van der Waals surface area (Å²) in [5, 5.41) is 3.92. The van der Waals surface area contributed by atoms with Gasteiger partial charge in [0.1, 0.15) is 5.82 Å². The molecule has 4 nitrogen and oxygen atoms in total. The second-order valence-electron chi connectivity index (χ2n) is 2.65. The molecule has 0 aromatic carbocycles. The Morgan fingerprint density at radius 3 is 3.00 bits per heavy atom. The average molecular weight is 208 g/mol. The number of hydrogen-bond acceptors (Lipinski definition) is 5. The fourth-order valence-electron chi connectivity index (χ4n) is 0.806. The lowest BCUT2D eigenvalue weighted by Crippen LogP contribution is -1.93. The molecule has 14 heavy (non-hydrogen) atoms. The van der Waals surface area contributed by atoms with Crippen LogP contribution in [0.3, 0.4) is 0 Å². The first-order valence-electron chi connectivity index (χ1n) is 4.09. The van der Waals surface area contributed by atoms with Gasteiger partial charge < -0.3 is 5.32 Å². The van der Waals surface area contributed by atoms with Crippen LogP contribution in [0.2, 0.25) is 0 Å². The van der Waals surface area contributed by atoms with Gasteiger partial charge >= 0.3 is 0 Å². The monoisotopic (exact) mass is 208 g/mol. The molecule has 1 heterocycles. The van der Waals surface area contributed by atoms with Crippen molar-refractivity contribution in [3.05, 3.63) is 29.9 Å². The number of hydrogen-bond donors (Lipinski definition) is 1. The van der Waals surface area contributed by atoms with E-state index < -0.39 is 0 Å². The number of aromatic nitrogens is 2. The maximum absolute atomic E-state index is 4.17. The second-order valence-corrected chi connectivity index (χ2v) is 3.40. The van der Waals surface area contributed by atoms with Crippen LogP contribution in [0.25, 0.3) is 0 Å². The molecule has 1 aromatic heterocycles. The van der Waals surface area contributed by atoms with Gasteiger partial charge in [-0.05, 0) is 32.7 Å². The molecule has 0 fully saturated rings. The van der Waals surface area contributed by atoms with Crippen molar-refractivity contribution < 1.29 is 0 Å². The molecule has 0 unspecified atom stereocenters. The number of aliphatic imine (C=N–C) groups is 1. The highest BCUT2D eigenvalue weighted by Gasteiger charge is 1.97. The Labute approximate surface area is 87.3 Å². The smallest absolute Gasteiger partial charge is 0.206 e. The summed E-state index contributed by atoms with van der Waals surface area (Å²) in [5.74, 6) is 0.786. The molecule has 0 atom stereocenters. The molecule has 74 valence electrons. The van der Waals surface area contributed by atoms with Crippen LogP contribution in [0.5, 0.6) is 0 Å². The number of aryl methyl sites for hydroxylation is 1. The van der Waals surface area contributed by atoms with Crippen LogP contribution >= 0.6 is 11.5 Å². The first-order valence-corrected chi connectivity index (χ1v) is 4.86. The second kappa shape index (κ2) is 5.29. The minimum atomic E-state index is 0.786. The van der Waals surface area contributed by atoms with Crippen LogP contribution < -0.4 is 5.32 Å². The molecule has 1 N–H and O–H groups in total. The number of nitrogens with zero attached hydrogens (tertiary/aromatic N) is 3. The van der Waals surface area contributed by atoms with Gasteiger partial charge in [0.25, 0.3) is 0 Å². The standard InChI is InChI=1S/C9H12N4S/c1-7(5-4-6-10-3)11-9-12-8(2)13-14-9/h4-6H,3H2,1-2H3,(H,11,12,13)/b6-4-,7-5+. The van der Waals surface area contributed by atoms with E-state index >= 15 is 0 Å². The third kappa shape index (κ3) is 3.49. The molecule has 5 heteroatoms. The van der Waals surface area contributed by atoms with Crippen molar-refractivity contribution in [2.24, 2.45) is 4.99 Å². The molecule has 0 radical (unpaired) electrons. The molecule has 1 aromatic rings. The molecule has 0 aliphatic rings. The van der Waals surface area contributed by atoms with E-state index in [-0.39, 0.29) is 0 Å².